The first kappa shape index (κ1) is 14.7. The molecular weight excluding hydrogens is 327 g/mol. The summed E-state index contributed by atoms with van der Waals surface area (Å²) in [4.78, 5) is 4.61. The first-order chi connectivity index (χ1) is 10.0. The second-order valence-corrected chi connectivity index (χ2v) is 6.46. The molecule has 0 amide bonds. The van der Waals surface area contributed by atoms with Gasteiger partial charge < -0.3 is 4.57 Å². The Balaban J connectivity index is 2.14. The van der Waals surface area contributed by atoms with Crippen LogP contribution in [0.2, 0.25) is 10.0 Å². The second-order valence-electron chi connectivity index (χ2n) is 4.94. The quantitative estimate of drug-likeness (QED) is 0.560. The van der Waals surface area contributed by atoms with Gasteiger partial charge in [0.2, 0.25) is 0 Å². The van der Waals surface area contributed by atoms with Gasteiger partial charge in [-0.15, -0.1) is 11.6 Å². The van der Waals surface area contributed by atoms with Crippen molar-refractivity contribution in [1.29, 1.82) is 0 Å². The lowest BCUT2D eigenvalue weighted by Gasteiger charge is -2.11. The Kier molecular flexibility index (Phi) is 4.12. The molecule has 0 bridgehead atoms. The molecule has 1 atom stereocenters. The van der Waals surface area contributed by atoms with Crippen molar-refractivity contribution in [3.05, 3.63) is 63.9 Å². The lowest BCUT2D eigenvalue weighted by atomic mass is 10.2. The number of fused-ring (bicyclic) bond motifs is 1. The molecule has 0 aliphatic heterocycles. The molecule has 108 valence electrons. The van der Waals surface area contributed by atoms with Crippen molar-refractivity contribution in [2.24, 2.45) is 0 Å². The third kappa shape index (κ3) is 3.03. The number of halogens is 3. The molecule has 0 fully saturated rings. The lowest BCUT2D eigenvalue weighted by Crippen LogP contribution is -2.05. The Bertz CT molecular complexity index is 793. The van der Waals surface area contributed by atoms with Crippen LogP contribution in [0.4, 0.5) is 0 Å². The summed E-state index contributed by atoms with van der Waals surface area (Å²) >= 11 is 18.4. The number of rotatable bonds is 3. The number of imidazole rings is 1. The number of benzene rings is 2. The topological polar surface area (TPSA) is 17.8 Å². The lowest BCUT2D eigenvalue weighted by molar-refractivity contribution is 0.742. The largest absolute Gasteiger partial charge is 0.322 e. The Morgan fingerprint density at radius 1 is 1.10 bits per heavy atom. The maximum Gasteiger partial charge on any atom is 0.128 e. The van der Waals surface area contributed by atoms with E-state index in [1.807, 2.05) is 49.4 Å². The van der Waals surface area contributed by atoms with Crippen LogP contribution < -0.4 is 0 Å². The molecule has 1 heterocycles. The second kappa shape index (κ2) is 5.88. The minimum absolute atomic E-state index is 0.185. The third-order valence-corrected chi connectivity index (χ3v) is 3.99. The van der Waals surface area contributed by atoms with E-state index in [1.165, 1.54) is 0 Å². The van der Waals surface area contributed by atoms with Gasteiger partial charge in [0.05, 0.1) is 16.4 Å². The standard InChI is InChI=1S/C16H13Cl3N2/c1-10(17)16-20-14-6-5-13(19)8-15(14)21(16)9-11-3-2-4-12(18)7-11/h2-8,10H,9H2,1H3. The van der Waals surface area contributed by atoms with E-state index in [1.54, 1.807) is 0 Å². The maximum atomic E-state index is 6.27. The van der Waals surface area contributed by atoms with Gasteiger partial charge in [-0.3, -0.25) is 0 Å². The first-order valence-corrected chi connectivity index (χ1v) is 7.78. The molecule has 21 heavy (non-hydrogen) atoms. The molecule has 3 aromatic rings. The van der Waals surface area contributed by atoms with Gasteiger partial charge in [-0.1, -0.05) is 35.3 Å². The van der Waals surface area contributed by atoms with E-state index in [2.05, 4.69) is 9.55 Å². The highest BCUT2D eigenvalue weighted by molar-refractivity contribution is 6.31. The highest BCUT2D eigenvalue weighted by atomic mass is 35.5. The zero-order valence-corrected chi connectivity index (χ0v) is 13.6. The van der Waals surface area contributed by atoms with Crippen molar-refractivity contribution < 1.29 is 0 Å². The van der Waals surface area contributed by atoms with Gasteiger partial charge in [0.25, 0.3) is 0 Å². The monoisotopic (exact) mass is 338 g/mol. The number of nitrogens with zero attached hydrogens (tertiary/aromatic N) is 2. The van der Waals surface area contributed by atoms with Crippen LogP contribution in [0.3, 0.4) is 0 Å². The minimum atomic E-state index is -0.185. The average molecular weight is 340 g/mol. The van der Waals surface area contributed by atoms with Gasteiger partial charge in [-0.05, 0) is 42.8 Å². The summed E-state index contributed by atoms with van der Waals surface area (Å²) in [5, 5.41) is 1.22. The van der Waals surface area contributed by atoms with E-state index in [-0.39, 0.29) is 5.38 Å². The summed E-state index contributed by atoms with van der Waals surface area (Å²) in [6.45, 7) is 2.57. The molecule has 0 saturated carbocycles. The SMILES string of the molecule is CC(Cl)c1nc2ccc(Cl)cc2n1Cc1cccc(Cl)c1. The van der Waals surface area contributed by atoms with Crippen LogP contribution in [0.1, 0.15) is 23.7 Å². The maximum absolute atomic E-state index is 6.27. The third-order valence-electron chi connectivity index (χ3n) is 3.33. The van der Waals surface area contributed by atoms with Crippen molar-refractivity contribution in [2.75, 3.05) is 0 Å². The van der Waals surface area contributed by atoms with E-state index < -0.39 is 0 Å². The van der Waals surface area contributed by atoms with E-state index >= 15 is 0 Å². The molecule has 0 aliphatic carbocycles. The zero-order chi connectivity index (χ0) is 15.0. The normalized spacial score (nSPS) is 12.8. The molecular formula is C16H13Cl3N2. The summed E-state index contributed by atoms with van der Waals surface area (Å²) in [7, 11) is 0. The van der Waals surface area contributed by atoms with Gasteiger partial charge in [-0.2, -0.15) is 0 Å². The van der Waals surface area contributed by atoms with Crippen LogP contribution in [0.5, 0.6) is 0 Å². The number of aromatic nitrogens is 2. The highest BCUT2D eigenvalue weighted by Crippen LogP contribution is 2.27. The Morgan fingerprint density at radius 3 is 2.57 bits per heavy atom. The molecule has 0 spiro atoms. The average Bonchev–Trinajstić information content (AvgIpc) is 2.77. The van der Waals surface area contributed by atoms with Crippen LogP contribution in [0.25, 0.3) is 11.0 Å². The molecule has 0 radical (unpaired) electrons. The fourth-order valence-electron chi connectivity index (χ4n) is 2.40. The molecule has 0 aliphatic rings. The van der Waals surface area contributed by atoms with Crippen LogP contribution in [0.15, 0.2) is 42.5 Å². The van der Waals surface area contributed by atoms with E-state index in [0.717, 1.165) is 27.4 Å². The summed E-state index contributed by atoms with van der Waals surface area (Å²) in [6.07, 6.45) is 0. The number of hydrogen-bond donors (Lipinski definition) is 0. The molecule has 2 nitrogen and oxygen atoms in total. The fourth-order valence-corrected chi connectivity index (χ4v) is 2.95. The Morgan fingerprint density at radius 2 is 1.86 bits per heavy atom. The predicted molar refractivity (Wildman–Crippen MR) is 89.6 cm³/mol. The van der Waals surface area contributed by atoms with Crippen molar-refractivity contribution in [3.8, 4) is 0 Å². The molecule has 2 aromatic carbocycles. The van der Waals surface area contributed by atoms with Crippen LogP contribution in [-0.4, -0.2) is 9.55 Å². The van der Waals surface area contributed by atoms with Gasteiger partial charge in [-0.25, -0.2) is 4.98 Å². The molecule has 0 saturated heterocycles. The summed E-state index contributed by atoms with van der Waals surface area (Å²) in [6, 6.07) is 13.4. The molecule has 1 unspecified atom stereocenters. The molecule has 1 aromatic heterocycles. The minimum Gasteiger partial charge on any atom is -0.322 e. The van der Waals surface area contributed by atoms with Gasteiger partial charge >= 0.3 is 0 Å². The Labute approximate surface area is 138 Å². The molecule has 0 N–H and O–H groups in total. The van der Waals surface area contributed by atoms with Crippen molar-refractivity contribution in [1.82, 2.24) is 9.55 Å². The van der Waals surface area contributed by atoms with Crippen molar-refractivity contribution in [2.45, 2.75) is 18.8 Å². The smallest absolute Gasteiger partial charge is 0.128 e. The molecule has 3 rings (SSSR count). The van der Waals surface area contributed by atoms with E-state index in [9.17, 15) is 0 Å². The highest BCUT2D eigenvalue weighted by Gasteiger charge is 2.15. The van der Waals surface area contributed by atoms with Crippen LogP contribution in [-0.2, 0) is 6.54 Å². The van der Waals surface area contributed by atoms with Gasteiger partial charge in [0, 0.05) is 16.6 Å². The molecule has 5 heteroatoms. The first-order valence-electron chi connectivity index (χ1n) is 6.59. The fraction of sp³-hybridized carbons (Fsp3) is 0.188. The van der Waals surface area contributed by atoms with Crippen molar-refractivity contribution in [3.63, 3.8) is 0 Å². The van der Waals surface area contributed by atoms with E-state index in [0.29, 0.717) is 11.6 Å². The summed E-state index contributed by atoms with van der Waals surface area (Å²) in [5.41, 5.74) is 2.97. The van der Waals surface area contributed by atoms with Crippen molar-refractivity contribution >= 4 is 45.8 Å². The van der Waals surface area contributed by atoms with Gasteiger partial charge in [0.15, 0.2) is 0 Å². The Hall–Kier alpha value is -1.22. The predicted octanol–water partition coefficient (Wildman–Crippen LogP) is 5.69. The van der Waals surface area contributed by atoms with E-state index in [4.69, 9.17) is 34.8 Å². The summed E-state index contributed by atoms with van der Waals surface area (Å²) < 4.78 is 2.09. The number of alkyl halides is 1. The van der Waals surface area contributed by atoms with Crippen LogP contribution in [0, 0.1) is 0 Å². The van der Waals surface area contributed by atoms with Crippen LogP contribution >= 0.6 is 34.8 Å². The van der Waals surface area contributed by atoms with Gasteiger partial charge in [0.1, 0.15) is 5.82 Å². The zero-order valence-electron chi connectivity index (χ0n) is 11.4. The summed E-state index contributed by atoms with van der Waals surface area (Å²) in [5.74, 6) is 0.828. The number of hydrogen-bond acceptors (Lipinski definition) is 1.